The highest BCUT2D eigenvalue weighted by molar-refractivity contribution is 8.12. The number of nitriles is 1. The maximum absolute atomic E-state index is 9.97. The Kier molecular flexibility index (Phi) is 4.37. The van der Waals surface area contributed by atoms with Crippen molar-refractivity contribution in [3.05, 3.63) is 53.6 Å². The summed E-state index contributed by atoms with van der Waals surface area (Å²) in [5.74, 6) is 0. The van der Waals surface area contributed by atoms with Crippen molar-refractivity contribution in [1.29, 1.82) is 5.26 Å². The van der Waals surface area contributed by atoms with E-state index in [1.807, 2.05) is 25.1 Å². The molecule has 0 aliphatic rings. The standard InChI is InChI=1S/C15H14NO2PS/c1-2-12-4-3-5-14(15(12)19(17,18)20)13-8-6-11(10-16)7-9-13/h3-9H,2H2,1H3,(H2,17,18,20). The van der Waals surface area contributed by atoms with E-state index in [1.165, 1.54) is 0 Å². The van der Waals surface area contributed by atoms with Crippen LogP contribution in [0.2, 0.25) is 0 Å². The van der Waals surface area contributed by atoms with Crippen LogP contribution in [0.4, 0.5) is 0 Å². The first-order chi connectivity index (χ1) is 9.47. The van der Waals surface area contributed by atoms with E-state index in [-0.39, 0.29) is 0 Å². The molecule has 0 aromatic heterocycles. The van der Waals surface area contributed by atoms with Crippen LogP contribution in [0.15, 0.2) is 42.5 Å². The summed E-state index contributed by atoms with van der Waals surface area (Å²) in [4.78, 5) is 19.9. The monoisotopic (exact) mass is 303 g/mol. The largest absolute Gasteiger partial charge is 0.342 e. The number of hydrogen-bond donors (Lipinski definition) is 2. The van der Waals surface area contributed by atoms with Gasteiger partial charge in [0.25, 0.3) is 0 Å². The molecule has 0 amide bonds. The molecule has 2 aromatic rings. The fourth-order valence-electron chi connectivity index (χ4n) is 2.18. The molecule has 5 heteroatoms. The minimum absolute atomic E-state index is 0.446. The summed E-state index contributed by atoms with van der Waals surface area (Å²) in [6.07, 6.45) is 0.680. The van der Waals surface area contributed by atoms with Crippen molar-refractivity contribution in [3.63, 3.8) is 0 Å². The molecule has 0 saturated carbocycles. The van der Waals surface area contributed by atoms with E-state index < -0.39 is 6.49 Å². The van der Waals surface area contributed by atoms with Crippen LogP contribution in [0, 0.1) is 11.3 Å². The van der Waals surface area contributed by atoms with Gasteiger partial charge in [-0.1, -0.05) is 37.3 Å². The summed E-state index contributed by atoms with van der Waals surface area (Å²) < 4.78 is 0. The summed E-state index contributed by atoms with van der Waals surface area (Å²) in [6, 6.07) is 14.6. The first-order valence-corrected chi connectivity index (χ1v) is 8.86. The molecule has 102 valence electrons. The Labute approximate surface area is 123 Å². The van der Waals surface area contributed by atoms with Crippen LogP contribution in [0.3, 0.4) is 0 Å². The van der Waals surface area contributed by atoms with Crippen LogP contribution in [-0.4, -0.2) is 9.79 Å². The maximum Gasteiger partial charge on any atom is 0.215 e. The van der Waals surface area contributed by atoms with Gasteiger partial charge in [0, 0.05) is 5.30 Å². The molecule has 0 aliphatic carbocycles. The van der Waals surface area contributed by atoms with E-state index in [2.05, 4.69) is 6.07 Å². The summed E-state index contributed by atoms with van der Waals surface area (Å²) >= 11 is 4.91. The van der Waals surface area contributed by atoms with Crippen LogP contribution < -0.4 is 5.30 Å². The van der Waals surface area contributed by atoms with Gasteiger partial charge in [-0.25, -0.2) is 0 Å². The molecule has 2 N–H and O–H groups in total. The second-order valence-corrected chi connectivity index (χ2v) is 7.46. The fourth-order valence-corrected chi connectivity index (χ4v) is 3.95. The molecule has 2 aromatic carbocycles. The smallest absolute Gasteiger partial charge is 0.215 e. The van der Waals surface area contributed by atoms with Gasteiger partial charge < -0.3 is 9.79 Å². The predicted octanol–water partition coefficient (Wildman–Crippen LogP) is 2.71. The van der Waals surface area contributed by atoms with Crippen molar-refractivity contribution < 1.29 is 9.79 Å². The number of aryl methyl sites for hydroxylation is 1. The molecule has 2 rings (SSSR count). The third-order valence-electron chi connectivity index (χ3n) is 3.12. The average Bonchev–Trinajstić information content (AvgIpc) is 2.45. The van der Waals surface area contributed by atoms with Gasteiger partial charge in [0.1, 0.15) is 0 Å². The Morgan fingerprint density at radius 1 is 1.15 bits per heavy atom. The number of benzene rings is 2. The van der Waals surface area contributed by atoms with Gasteiger partial charge in [-0.3, -0.25) is 0 Å². The van der Waals surface area contributed by atoms with Crippen LogP contribution >= 0.6 is 6.49 Å². The molecule has 0 unspecified atom stereocenters. The van der Waals surface area contributed by atoms with Gasteiger partial charge in [0.2, 0.25) is 6.49 Å². The minimum atomic E-state index is -3.53. The molecule has 0 fully saturated rings. The zero-order valence-corrected chi connectivity index (χ0v) is 12.7. The quantitative estimate of drug-likeness (QED) is 0.856. The van der Waals surface area contributed by atoms with E-state index in [4.69, 9.17) is 17.1 Å². The summed E-state index contributed by atoms with van der Waals surface area (Å²) in [6.45, 7) is -1.57. The molecular weight excluding hydrogens is 289 g/mol. The van der Waals surface area contributed by atoms with Gasteiger partial charge in [-0.2, -0.15) is 5.26 Å². The van der Waals surface area contributed by atoms with Gasteiger partial charge in [0.15, 0.2) is 0 Å². The third-order valence-corrected chi connectivity index (χ3v) is 4.78. The van der Waals surface area contributed by atoms with E-state index in [0.29, 0.717) is 17.3 Å². The zero-order valence-electron chi connectivity index (χ0n) is 10.9. The fraction of sp³-hybridized carbons (Fsp3) is 0.133. The molecule has 0 aliphatic heterocycles. The van der Waals surface area contributed by atoms with Crippen molar-refractivity contribution in [3.8, 4) is 17.2 Å². The van der Waals surface area contributed by atoms with Gasteiger partial charge >= 0.3 is 0 Å². The summed E-state index contributed by atoms with van der Waals surface area (Å²) in [5, 5.41) is 9.27. The van der Waals surface area contributed by atoms with Crippen LogP contribution in [0.25, 0.3) is 11.1 Å². The highest BCUT2D eigenvalue weighted by Gasteiger charge is 2.21. The molecule has 20 heavy (non-hydrogen) atoms. The second kappa shape index (κ2) is 5.87. The molecule has 3 nitrogen and oxygen atoms in total. The SMILES string of the molecule is CCc1cccc(-c2ccc(C#N)cc2)c1P(O)(O)=S. The molecule has 0 radical (unpaired) electrons. The normalized spacial score (nSPS) is 11.1. The summed E-state index contributed by atoms with van der Waals surface area (Å²) in [5.41, 5.74) is 2.96. The van der Waals surface area contributed by atoms with E-state index in [0.717, 1.165) is 16.7 Å². The van der Waals surface area contributed by atoms with E-state index in [9.17, 15) is 9.79 Å². The second-order valence-electron chi connectivity index (χ2n) is 4.40. The van der Waals surface area contributed by atoms with Crippen molar-refractivity contribution >= 4 is 23.6 Å². The van der Waals surface area contributed by atoms with E-state index >= 15 is 0 Å². The lowest BCUT2D eigenvalue weighted by atomic mass is 10.0. The first-order valence-electron chi connectivity index (χ1n) is 6.16. The Balaban J connectivity index is 2.67. The summed E-state index contributed by atoms with van der Waals surface area (Å²) in [7, 11) is 0. The number of nitrogens with zero attached hydrogens (tertiary/aromatic N) is 1. The maximum atomic E-state index is 9.97. The lowest BCUT2D eigenvalue weighted by Gasteiger charge is -2.18. The zero-order chi connectivity index (χ0) is 14.8. The van der Waals surface area contributed by atoms with Gasteiger partial charge in [0.05, 0.1) is 11.6 Å². The molecule has 0 spiro atoms. The van der Waals surface area contributed by atoms with E-state index in [1.54, 1.807) is 24.3 Å². The lowest BCUT2D eigenvalue weighted by molar-refractivity contribution is 0.493. The van der Waals surface area contributed by atoms with Crippen molar-refractivity contribution in [2.45, 2.75) is 13.3 Å². The Bertz CT molecular complexity index is 714. The Morgan fingerprint density at radius 3 is 2.30 bits per heavy atom. The van der Waals surface area contributed by atoms with Crippen LogP contribution in [0.5, 0.6) is 0 Å². The van der Waals surface area contributed by atoms with Gasteiger partial charge in [-0.05, 0) is 47.1 Å². The predicted molar refractivity (Wildman–Crippen MR) is 84.3 cm³/mol. The number of rotatable bonds is 3. The topological polar surface area (TPSA) is 64.2 Å². The average molecular weight is 303 g/mol. The first kappa shape index (κ1) is 14.9. The van der Waals surface area contributed by atoms with Crippen LogP contribution in [-0.2, 0) is 18.2 Å². The molecule has 0 saturated heterocycles. The molecule has 0 heterocycles. The third kappa shape index (κ3) is 2.98. The molecule has 0 atom stereocenters. The van der Waals surface area contributed by atoms with Crippen molar-refractivity contribution in [2.24, 2.45) is 0 Å². The van der Waals surface area contributed by atoms with Crippen LogP contribution in [0.1, 0.15) is 18.1 Å². The molecular formula is C15H14NO2PS. The highest BCUT2D eigenvalue weighted by atomic mass is 32.5. The Morgan fingerprint density at radius 2 is 1.80 bits per heavy atom. The van der Waals surface area contributed by atoms with Crippen molar-refractivity contribution in [1.82, 2.24) is 0 Å². The molecule has 0 bridgehead atoms. The minimum Gasteiger partial charge on any atom is -0.342 e. The number of hydrogen-bond acceptors (Lipinski definition) is 2. The highest BCUT2D eigenvalue weighted by Crippen LogP contribution is 2.40. The van der Waals surface area contributed by atoms with Crippen molar-refractivity contribution in [2.75, 3.05) is 0 Å². The lowest BCUT2D eigenvalue weighted by Crippen LogP contribution is -2.13. The Hall–Kier alpha value is -1.50. The van der Waals surface area contributed by atoms with Gasteiger partial charge in [-0.15, -0.1) is 0 Å².